The Morgan fingerprint density at radius 1 is 1.23 bits per heavy atom. The van der Waals surface area contributed by atoms with Crippen molar-refractivity contribution < 1.29 is 4.79 Å². The standard InChI is InChI=1S/C16H33N3O.2ClH/c1-14(2)6-10-19-11-7-15(8-12-19)13-18-16(20)5-4-9-17-3;;/h14-15,17H,4-13H2,1-3H3,(H,18,20);2*1H. The predicted molar refractivity (Wildman–Crippen MR) is 99.3 cm³/mol. The van der Waals surface area contributed by atoms with Gasteiger partial charge in [-0.1, -0.05) is 13.8 Å². The number of amides is 1. The summed E-state index contributed by atoms with van der Waals surface area (Å²) in [5.74, 6) is 1.69. The molecule has 6 heteroatoms. The van der Waals surface area contributed by atoms with Gasteiger partial charge in [0.25, 0.3) is 0 Å². The van der Waals surface area contributed by atoms with Crippen molar-refractivity contribution in [2.24, 2.45) is 11.8 Å². The maximum atomic E-state index is 11.7. The van der Waals surface area contributed by atoms with Gasteiger partial charge in [-0.3, -0.25) is 4.79 Å². The highest BCUT2D eigenvalue weighted by molar-refractivity contribution is 5.85. The molecule has 1 aliphatic rings. The van der Waals surface area contributed by atoms with Gasteiger partial charge in [-0.2, -0.15) is 0 Å². The Kier molecular flexibility index (Phi) is 16.0. The van der Waals surface area contributed by atoms with E-state index in [0.29, 0.717) is 12.3 Å². The second kappa shape index (κ2) is 14.6. The summed E-state index contributed by atoms with van der Waals surface area (Å²) in [6, 6.07) is 0. The zero-order valence-corrected chi connectivity index (χ0v) is 16.0. The second-order valence-electron chi connectivity index (χ2n) is 6.48. The van der Waals surface area contributed by atoms with Gasteiger partial charge in [0.2, 0.25) is 5.91 Å². The van der Waals surface area contributed by atoms with Gasteiger partial charge in [0.05, 0.1) is 0 Å². The third kappa shape index (κ3) is 11.5. The van der Waals surface area contributed by atoms with Crippen LogP contribution in [0.1, 0.15) is 46.0 Å². The van der Waals surface area contributed by atoms with E-state index in [0.717, 1.165) is 25.4 Å². The van der Waals surface area contributed by atoms with Gasteiger partial charge >= 0.3 is 0 Å². The van der Waals surface area contributed by atoms with Crippen molar-refractivity contribution >= 4 is 30.7 Å². The molecule has 0 aromatic rings. The minimum Gasteiger partial charge on any atom is -0.356 e. The molecule has 0 saturated carbocycles. The first-order valence-electron chi connectivity index (χ1n) is 8.25. The highest BCUT2D eigenvalue weighted by atomic mass is 35.5. The van der Waals surface area contributed by atoms with Crippen LogP contribution >= 0.6 is 24.8 Å². The number of piperidine rings is 1. The summed E-state index contributed by atoms with van der Waals surface area (Å²) >= 11 is 0. The van der Waals surface area contributed by atoms with Crippen LogP contribution in [0.5, 0.6) is 0 Å². The second-order valence-corrected chi connectivity index (χ2v) is 6.48. The molecule has 1 saturated heterocycles. The van der Waals surface area contributed by atoms with Crippen LogP contribution in [-0.2, 0) is 4.79 Å². The summed E-state index contributed by atoms with van der Waals surface area (Å²) in [4.78, 5) is 14.2. The summed E-state index contributed by atoms with van der Waals surface area (Å²) < 4.78 is 0. The smallest absolute Gasteiger partial charge is 0.220 e. The number of carbonyl (C=O) groups excluding carboxylic acids is 1. The molecule has 0 spiro atoms. The van der Waals surface area contributed by atoms with Crippen LogP contribution in [-0.4, -0.2) is 50.6 Å². The van der Waals surface area contributed by atoms with Crippen molar-refractivity contribution in [1.82, 2.24) is 15.5 Å². The number of rotatable bonds is 9. The highest BCUT2D eigenvalue weighted by Gasteiger charge is 2.19. The molecule has 2 N–H and O–H groups in total. The van der Waals surface area contributed by atoms with Crippen molar-refractivity contribution in [1.29, 1.82) is 0 Å². The molecule has 0 unspecified atom stereocenters. The monoisotopic (exact) mass is 355 g/mol. The molecule has 0 atom stereocenters. The molecule has 0 aromatic carbocycles. The number of carbonyl (C=O) groups is 1. The third-order valence-electron chi connectivity index (χ3n) is 4.15. The zero-order valence-electron chi connectivity index (χ0n) is 14.4. The van der Waals surface area contributed by atoms with E-state index in [1.807, 2.05) is 7.05 Å². The predicted octanol–water partition coefficient (Wildman–Crippen LogP) is 2.70. The number of hydrogen-bond donors (Lipinski definition) is 2. The summed E-state index contributed by atoms with van der Waals surface area (Å²) in [6.45, 7) is 10.0. The Bertz CT molecular complexity index is 270. The average Bonchev–Trinajstić information content (AvgIpc) is 2.44. The normalized spacial score (nSPS) is 16.0. The quantitative estimate of drug-likeness (QED) is 0.625. The molecule has 4 nitrogen and oxygen atoms in total. The molecule has 0 aliphatic carbocycles. The van der Waals surface area contributed by atoms with Crippen molar-refractivity contribution in [3.8, 4) is 0 Å². The molecule has 1 aliphatic heterocycles. The van der Waals surface area contributed by atoms with Gasteiger partial charge in [-0.15, -0.1) is 24.8 Å². The highest BCUT2D eigenvalue weighted by Crippen LogP contribution is 2.17. The molecule has 0 radical (unpaired) electrons. The topological polar surface area (TPSA) is 44.4 Å². The summed E-state index contributed by atoms with van der Waals surface area (Å²) in [6.07, 6.45) is 5.33. The van der Waals surface area contributed by atoms with Crippen LogP contribution < -0.4 is 10.6 Å². The number of likely N-dealkylation sites (tertiary alicyclic amines) is 1. The Morgan fingerprint density at radius 3 is 2.41 bits per heavy atom. The van der Waals surface area contributed by atoms with Crippen LogP contribution in [0.25, 0.3) is 0 Å². The zero-order chi connectivity index (χ0) is 14.8. The van der Waals surface area contributed by atoms with Gasteiger partial charge in [0.15, 0.2) is 0 Å². The number of nitrogens with zero attached hydrogens (tertiary/aromatic N) is 1. The average molecular weight is 356 g/mol. The third-order valence-corrected chi connectivity index (χ3v) is 4.15. The van der Waals surface area contributed by atoms with E-state index in [-0.39, 0.29) is 30.7 Å². The molecular formula is C16H35Cl2N3O. The molecule has 1 heterocycles. The van der Waals surface area contributed by atoms with E-state index < -0.39 is 0 Å². The van der Waals surface area contributed by atoms with E-state index >= 15 is 0 Å². The molecule has 1 amide bonds. The number of halogens is 2. The number of nitrogens with one attached hydrogen (secondary N) is 2. The molecular weight excluding hydrogens is 321 g/mol. The van der Waals surface area contributed by atoms with Gasteiger partial charge in [-0.05, 0) is 70.7 Å². The first-order valence-corrected chi connectivity index (χ1v) is 8.25. The first-order chi connectivity index (χ1) is 9.61. The van der Waals surface area contributed by atoms with E-state index in [1.54, 1.807) is 0 Å². The fourth-order valence-electron chi connectivity index (χ4n) is 2.63. The largest absolute Gasteiger partial charge is 0.356 e. The Labute approximate surface area is 149 Å². The molecule has 1 fully saturated rings. The lowest BCUT2D eigenvalue weighted by atomic mass is 9.96. The van der Waals surface area contributed by atoms with Crippen LogP contribution in [0.3, 0.4) is 0 Å². The van der Waals surface area contributed by atoms with Crippen molar-refractivity contribution in [3.63, 3.8) is 0 Å². The summed E-state index contributed by atoms with van der Waals surface area (Å²) in [5.41, 5.74) is 0. The summed E-state index contributed by atoms with van der Waals surface area (Å²) in [7, 11) is 1.92. The first kappa shape index (κ1) is 24.2. The van der Waals surface area contributed by atoms with E-state index in [4.69, 9.17) is 0 Å². The van der Waals surface area contributed by atoms with Crippen LogP contribution in [0, 0.1) is 11.8 Å². The SMILES string of the molecule is CNCCCC(=O)NCC1CCN(CCC(C)C)CC1.Cl.Cl. The van der Waals surface area contributed by atoms with E-state index in [2.05, 4.69) is 29.4 Å². The molecule has 1 rings (SSSR count). The number of hydrogen-bond acceptors (Lipinski definition) is 3. The lowest BCUT2D eigenvalue weighted by Gasteiger charge is -2.32. The van der Waals surface area contributed by atoms with Crippen molar-refractivity contribution in [2.75, 3.05) is 39.8 Å². The maximum Gasteiger partial charge on any atom is 0.220 e. The summed E-state index contributed by atoms with van der Waals surface area (Å²) in [5, 5.41) is 6.16. The van der Waals surface area contributed by atoms with Crippen LogP contribution in [0.2, 0.25) is 0 Å². The van der Waals surface area contributed by atoms with E-state index in [1.165, 1.54) is 38.9 Å². The molecule has 22 heavy (non-hydrogen) atoms. The Morgan fingerprint density at radius 2 is 1.86 bits per heavy atom. The van der Waals surface area contributed by atoms with Crippen molar-refractivity contribution in [2.45, 2.75) is 46.0 Å². The van der Waals surface area contributed by atoms with Crippen molar-refractivity contribution in [3.05, 3.63) is 0 Å². The fourth-order valence-corrected chi connectivity index (χ4v) is 2.63. The van der Waals surface area contributed by atoms with Crippen LogP contribution in [0.4, 0.5) is 0 Å². The van der Waals surface area contributed by atoms with Gasteiger partial charge < -0.3 is 15.5 Å². The minimum absolute atomic E-state index is 0. The van der Waals surface area contributed by atoms with Gasteiger partial charge in [0, 0.05) is 13.0 Å². The molecule has 0 bridgehead atoms. The minimum atomic E-state index is 0. The Balaban J connectivity index is 0. The molecule has 0 aromatic heterocycles. The molecule has 134 valence electrons. The van der Waals surface area contributed by atoms with Gasteiger partial charge in [0.1, 0.15) is 0 Å². The Hall–Kier alpha value is -0.0300. The van der Waals surface area contributed by atoms with E-state index in [9.17, 15) is 4.79 Å². The van der Waals surface area contributed by atoms with Crippen LogP contribution in [0.15, 0.2) is 0 Å². The van der Waals surface area contributed by atoms with Gasteiger partial charge in [-0.25, -0.2) is 0 Å². The lowest BCUT2D eigenvalue weighted by Crippen LogP contribution is -2.39. The fraction of sp³-hybridized carbons (Fsp3) is 0.938. The maximum absolute atomic E-state index is 11.7. The lowest BCUT2D eigenvalue weighted by molar-refractivity contribution is -0.121.